The Kier molecular flexibility index (Phi) is 7.32. The van der Waals surface area contributed by atoms with Crippen molar-refractivity contribution in [2.75, 3.05) is 11.9 Å². The molecule has 0 unspecified atom stereocenters. The summed E-state index contributed by atoms with van der Waals surface area (Å²) < 4.78 is 5.67. The minimum Gasteiger partial charge on any atom is -0.494 e. The van der Waals surface area contributed by atoms with Gasteiger partial charge in [-0.05, 0) is 55.5 Å². The number of anilines is 1. The Hall–Kier alpha value is -2.00. The summed E-state index contributed by atoms with van der Waals surface area (Å²) in [4.78, 5) is 12.3. The first-order valence-corrected chi connectivity index (χ1v) is 9.22. The topological polar surface area (TPSA) is 38.3 Å². The normalized spacial score (nSPS) is 10.6. The molecule has 0 atom stereocenters. The Morgan fingerprint density at radius 1 is 1.08 bits per heavy atom. The molecule has 0 aliphatic carbocycles. The molecule has 0 heterocycles. The zero-order valence-electron chi connectivity index (χ0n) is 15.2. The number of hydrogen-bond acceptors (Lipinski definition) is 2. The van der Waals surface area contributed by atoms with Crippen LogP contribution in [0, 0.1) is 6.92 Å². The maximum Gasteiger partial charge on any atom is 0.224 e. The molecular formula is C21H26ClNO2. The molecule has 25 heavy (non-hydrogen) atoms. The number of aryl methyl sites for hydroxylation is 2. The number of benzene rings is 2. The molecule has 2 aromatic rings. The Balaban J connectivity index is 1.88. The molecule has 0 saturated heterocycles. The van der Waals surface area contributed by atoms with Gasteiger partial charge in [-0.1, -0.05) is 49.2 Å². The van der Waals surface area contributed by atoms with E-state index in [1.54, 1.807) is 0 Å². The monoisotopic (exact) mass is 359 g/mol. The molecule has 3 nitrogen and oxygen atoms in total. The van der Waals surface area contributed by atoms with Gasteiger partial charge in [0.1, 0.15) is 5.75 Å². The number of nitrogens with one attached hydrogen (secondary N) is 1. The van der Waals surface area contributed by atoms with Gasteiger partial charge >= 0.3 is 0 Å². The van der Waals surface area contributed by atoms with Gasteiger partial charge in [-0.2, -0.15) is 0 Å². The highest BCUT2D eigenvalue weighted by Crippen LogP contribution is 2.29. The Morgan fingerprint density at radius 2 is 1.80 bits per heavy atom. The van der Waals surface area contributed by atoms with Gasteiger partial charge in [-0.25, -0.2) is 0 Å². The van der Waals surface area contributed by atoms with Crippen LogP contribution < -0.4 is 10.1 Å². The maximum absolute atomic E-state index is 12.3. The first-order valence-electron chi connectivity index (χ1n) is 8.84. The molecular weight excluding hydrogens is 334 g/mol. The predicted octanol–water partition coefficient (Wildman–Crippen LogP) is 5.57. The molecule has 2 rings (SSSR count). The van der Waals surface area contributed by atoms with Gasteiger partial charge in [0.2, 0.25) is 5.91 Å². The fourth-order valence-electron chi connectivity index (χ4n) is 2.73. The van der Waals surface area contributed by atoms with E-state index in [4.69, 9.17) is 16.3 Å². The molecule has 1 N–H and O–H groups in total. The lowest BCUT2D eigenvalue weighted by molar-refractivity contribution is -0.116. The third-order valence-electron chi connectivity index (χ3n) is 4.18. The highest BCUT2D eigenvalue weighted by Gasteiger charge is 2.13. The van der Waals surface area contributed by atoms with Crippen molar-refractivity contribution in [3.63, 3.8) is 0 Å². The molecule has 0 aromatic heterocycles. The number of ether oxygens (including phenoxy) is 1. The van der Waals surface area contributed by atoms with Crippen LogP contribution in [0.25, 0.3) is 0 Å². The number of carbonyl (C=O) groups is 1. The molecule has 0 saturated carbocycles. The zero-order valence-corrected chi connectivity index (χ0v) is 16.0. The highest BCUT2D eigenvalue weighted by atomic mass is 35.5. The van der Waals surface area contributed by atoms with Crippen molar-refractivity contribution in [1.82, 2.24) is 0 Å². The van der Waals surface area contributed by atoms with Crippen molar-refractivity contribution in [2.45, 2.75) is 46.5 Å². The SMILES string of the molecule is CCc1ccc(Cl)c(CC)c1NC(=O)CCCOc1ccc(C)cc1. The first kappa shape index (κ1) is 19.3. The predicted molar refractivity (Wildman–Crippen MR) is 105 cm³/mol. The average Bonchev–Trinajstić information content (AvgIpc) is 2.61. The second kappa shape index (κ2) is 9.47. The maximum atomic E-state index is 12.3. The molecule has 2 aromatic carbocycles. The van der Waals surface area contributed by atoms with Crippen molar-refractivity contribution in [1.29, 1.82) is 0 Å². The van der Waals surface area contributed by atoms with Gasteiger partial charge in [0.05, 0.1) is 6.61 Å². The summed E-state index contributed by atoms with van der Waals surface area (Å²) in [6.07, 6.45) is 2.74. The van der Waals surface area contributed by atoms with Crippen molar-refractivity contribution in [2.24, 2.45) is 0 Å². The van der Waals surface area contributed by atoms with Gasteiger partial charge in [0, 0.05) is 17.1 Å². The van der Waals surface area contributed by atoms with Crippen molar-refractivity contribution in [3.8, 4) is 5.75 Å². The standard InChI is InChI=1S/C21H26ClNO2/c1-4-16-10-13-19(22)18(5-2)21(16)23-20(24)7-6-14-25-17-11-8-15(3)9-12-17/h8-13H,4-7,14H2,1-3H3,(H,23,24). The number of amides is 1. The van der Waals surface area contributed by atoms with Crippen LogP contribution in [0.4, 0.5) is 5.69 Å². The van der Waals surface area contributed by atoms with Crippen LogP contribution >= 0.6 is 11.6 Å². The van der Waals surface area contributed by atoms with E-state index < -0.39 is 0 Å². The Morgan fingerprint density at radius 3 is 2.44 bits per heavy atom. The summed E-state index contributed by atoms with van der Waals surface area (Å²) in [6, 6.07) is 11.8. The number of rotatable bonds is 8. The van der Waals surface area contributed by atoms with Crippen LogP contribution in [-0.4, -0.2) is 12.5 Å². The van der Waals surface area contributed by atoms with E-state index in [1.807, 2.05) is 50.2 Å². The van der Waals surface area contributed by atoms with Gasteiger partial charge < -0.3 is 10.1 Å². The van der Waals surface area contributed by atoms with Crippen molar-refractivity contribution >= 4 is 23.2 Å². The minimum absolute atomic E-state index is 0.000766. The number of halogens is 1. The molecule has 4 heteroatoms. The molecule has 0 spiro atoms. The molecule has 0 aliphatic heterocycles. The minimum atomic E-state index is -0.000766. The van der Waals surface area contributed by atoms with E-state index in [-0.39, 0.29) is 5.91 Å². The van der Waals surface area contributed by atoms with E-state index in [0.717, 1.165) is 35.4 Å². The van der Waals surface area contributed by atoms with E-state index in [9.17, 15) is 4.79 Å². The van der Waals surface area contributed by atoms with E-state index in [2.05, 4.69) is 12.2 Å². The summed E-state index contributed by atoms with van der Waals surface area (Å²) in [5, 5.41) is 3.76. The summed E-state index contributed by atoms with van der Waals surface area (Å²) in [5.74, 6) is 0.835. The molecule has 134 valence electrons. The van der Waals surface area contributed by atoms with Crippen molar-refractivity contribution < 1.29 is 9.53 Å². The Bertz CT molecular complexity index is 711. The second-order valence-corrected chi connectivity index (χ2v) is 6.49. The lowest BCUT2D eigenvalue weighted by Crippen LogP contribution is -2.15. The highest BCUT2D eigenvalue weighted by molar-refractivity contribution is 6.32. The van der Waals surface area contributed by atoms with Gasteiger partial charge in [-0.3, -0.25) is 4.79 Å². The van der Waals surface area contributed by atoms with Gasteiger partial charge in [-0.15, -0.1) is 0 Å². The number of hydrogen-bond donors (Lipinski definition) is 1. The summed E-state index contributed by atoms with van der Waals surface area (Å²) in [6.45, 7) is 6.69. The summed E-state index contributed by atoms with van der Waals surface area (Å²) in [7, 11) is 0. The fraction of sp³-hybridized carbons (Fsp3) is 0.381. The van der Waals surface area contributed by atoms with Crippen LogP contribution in [0.15, 0.2) is 36.4 Å². The lowest BCUT2D eigenvalue weighted by Gasteiger charge is -2.16. The molecule has 1 amide bonds. The van der Waals surface area contributed by atoms with Crippen LogP contribution in [-0.2, 0) is 17.6 Å². The van der Waals surface area contributed by atoms with Crippen LogP contribution in [0.3, 0.4) is 0 Å². The third-order valence-corrected chi connectivity index (χ3v) is 4.53. The largest absolute Gasteiger partial charge is 0.494 e. The molecule has 0 aliphatic rings. The molecule has 0 fully saturated rings. The van der Waals surface area contributed by atoms with Gasteiger partial charge in [0.25, 0.3) is 0 Å². The average molecular weight is 360 g/mol. The summed E-state index contributed by atoms with van der Waals surface area (Å²) >= 11 is 6.28. The lowest BCUT2D eigenvalue weighted by atomic mass is 10.0. The van der Waals surface area contributed by atoms with Crippen molar-refractivity contribution in [3.05, 3.63) is 58.1 Å². The summed E-state index contributed by atoms with van der Waals surface area (Å²) in [5.41, 5.74) is 4.20. The third kappa shape index (κ3) is 5.50. The van der Waals surface area contributed by atoms with E-state index in [1.165, 1.54) is 5.56 Å². The Labute approximate surface area is 155 Å². The molecule has 0 radical (unpaired) electrons. The zero-order chi connectivity index (χ0) is 18.2. The van der Waals surface area contributed by atoms with E-state index in [0.29, 0.717) is 24.5 Å². The smallest absolute Gasteiger partial charge is 0.224 e. The second-order valence-electron chi connectivity index (χ2n) is 6.08. The van der Waals surface area contributed by atoms with E-state index >= 15 is 0 Å². The quantitative estimate of drug-likeness (QED) is 0.625. The fourth-order valence-corrected chi connectivity index (χ4v) is 3.02. The van der Waals surface area contributed by atoms with Crippen LogP contribution in [0.5, 0.6) is 5.75 Å². The van der Waals surface area contributed by atoms with Crippen LogP contribution in [0.2, 0.25) is 5.02 Å². The molecule has 0 bridgehead atoms. The van der Waals surface area contributed by atoms with Crippen LogP contribution in [0.1, 0.15) is 43.4 Å². The number of carbonyl (C=O) groups excluding carboxylic acids is 1. The van der Waals surface area contributed by atoms with Gasteiger partial charge in [0.15, 0.2) is 0 Å². The first-order chi connectivity index (χ1) is 12.0.